The van der Waals surface area contributed by atoms with Gasteiger partial charge in [-0.05, 0) is 30.5 Å². The van der Waals surface area contributed by atoms with Gasteiger partial charge in [-0.3, -0.25) is 14.2 Å². The molecule has 0 radical (unpaired) electrons. The second-order valence-corrected chi connectivity index (χ2v) is 8.13. The Bertz CT molecular complexity index is 1090. The van der Waals surface area contributed by atoms with Gasteiger partial charge in [0.15, 0.2) is 5.16 Å². The Balaban J connectivity index is 1.80. The van der Waals surface area contributed by atoms with E-state index in [4.69, 9.17) is 4.98 Å². The van der Waals surface area contributed by atoms with E-state index in [-0.39, 0.29) is 11.5 Å². The molecule has 0 spiro atoms. The van der Waals surface area contributed by atoms with Crippen LogP contribution in [0.25, 0.3) is 10.9 Å². The molecule has 0 bridgehead atoms. The topological polar surface area (TPSA) is 55.2 Å². The lowest BCUT2D eigenvalue weighted by atomic mass is 10.1. The number of likely N-dealkylation sites (tertiary alicyclic amines) is 1. The van der Waals surface area contributed by atoms with E-state index in [0.717, 1.165) is 31.5 Å². The fraction of sp³-hybridized carbons (Fsp3) is 0.261. The normalized spacial score (nSPS) is 14.8. The second-order valence-electron chi connectivity index (χ2n) is 7.06. The number of rotatable bonds is 6. The molecule has 5 nitrogen and oxygen atoms in total. The molecule has 4 rings (SSSR count). The first-order chi connectivity index (χ1) is 14.2. The molecule has 1 aliphatic rings. The molecule has 148 valence electrons. The zero-order chi connectivity index (χ0) is 20.2. The molecule has 2 heterocycles. The van der Waals surface area contributed by atoms with Crippen LogP contribution in [0.2, 0.25) is 0 Å². The minimum Gasteiger partial charge on any atom is -0.341 e. The minimum atomic E-state index is -0.446. The average molecular weight is 406 g/mol. The highest BCUT2D eigenvalue weighted by Crippen LogP contribution is 2.36. The van der Waals surface area contributed by atoms with Gasteiger partial charge in [-0.1, -0.05) is 60.3 Å². The molecule has 2 aromatic carbocycles. The van der Waals surface area contributed by atoms with Gasteiger partial charge in [0.05, 0.1) is 10.9 Å². The summed E-state index contributed by atoms with van der Waals surface area (Å²) < 4.78 is 1.60. The van der Waals surface area contributed by atoms with E-state index in [1.807, 2.05) is 53.4 Å². The number of nitrogens with zero attached hydrogens (tertiary/aromatic N) is 3. The van der Waals surface area contributed by atoms with E-state index >= 15 is 0 Å². The van der Waals surface area contributed by atoms with Crippen LogP contribution >= 0.6 is 11.8 Å². The number of fused-ring (bicyclic) bond motifs is 1. The third-order valence-corrected chi connectivity index (χ3v) is 6.34. The standard InChI is InChI=1S/C23H23N3O2S/c1-2-14-26-21(27)18-12-6-7-13-19(18)24-23(26)29-20(17-10-4-3-5-11-17)22(28)25-15-8-9-16-25/h2-7,10-13,20H,1,8-9,14-16H2. The zero-order valence-electron chi connectivity index (χ0n) is 16.2. The molecule has 1 amide bonds. The highest BCUT2D eigenvalue weighted by molar-refractivity contribution is 8.00. The summed E-state index contributed by atoms with van der Waals surface area (Å²) in [5.41, 5.74) is 1.45. The number of hydrogen-bond donors (Lipinski definition) is 0. The van der Waals surface area contributed by atoms with Crippen molar-refractivity contribution in [2.45, 2.75) is 29.8 Å². The Morgan fingerprint density at radius 3 is 2.52 bits per heavy atom. The molecule has 1 fully saturated rings. The van der Waals surface area contributed by atoms with Gasteiger partial charge in [0.2, 0.25) is 5.91 Å². The number of thioether (sulfide) groups is 1. The summed E-state index contributed by atoms with van der Waals surface area (Å²) in [4.78, 5) is 33.0. The quantitative estimate of drug-likeness (QED) is 0.353. The Labute approximate surface area is 174 Å². The Morgan fingerprint density at radius 1 is 1.10 bits per heavy atom. The van der Waals surface area contributed by atoms with Gasteiger partial charge in [0, 0.05) is 19.6 Å². The van der Waals surface area contributed by atoms with Crippen LogP contribution in [0.3, 0.4) is 0 Å². The van der Waals surface area contributed by atoms with Crippen molar-refractivity contribution in [2.24, 2.45) is 0 Å². The summed E-state index contributed by atoms with van der Waals surface area (Å²) in [5, 5.41) is 0.661. The molecule has 0 N–H and O–H groups in total. The Hall–Kier alpha value is -2.86. The number of aromatic nitrogens is 2. The van der Waals surface area contributed by atoms with E-state index in [1.54, 1.807) is 16.7 Å². The van der Waals surface area contributed by atoms with Crippen LogP contribution in [0.1, 0.15) is 23.7 Å². The van der Waals surface area contributed by atoms with Crippen molar-refractivity contribution in [3.05, 3.63) is 83.2 Å². The third kappa shape index (κ3) is 3.98. The van der Waals surface area contributed by atoms with Crippen molar-refractivity contribution in [3.8, 4) is 0 Å². The first-order valence-electron chi connectivity index (χ1n) is 9.80. The van der Waals surface area contributed by atoms with Gasteiger partial charge in [-0.2, -0.15) is 0 Å². The molecular weight excluding hydrogens is 382 g/mol. The largest absolute Gasteiger partial charge is 0.341 e. The maximum absolute atomic E-state index is 13.3. The number of amides is 1. The summed E-state index contributed by atoms with van der Waals surface area (Å²) in [6, 6.07) is 17.0. The fourth-order valence-corrected chi connectivity index (χ4v) is 4.81. The predicted octanol–water partition coefficient (Wildman–Crippen LogP) is 4.04. The van der Waals surface area contributed by atoms with E-state index in [0.29, 0.717) is 22.6 Å². The van der Waals surface area contributed by atoms with Crippen LogP contribution in [0.4, 0.5) is 0 Å². The molecular formula is C23H23N3O2S. The summed E-state index contributed by atoms with van der Waals surface area (Å²) >= 11 is 1.35. The summed E-state index contributed by atoms with van der Waals surface area (Å²) in [6.45, 7) is 5.70. The zero-order valence-corrected chi connectivity index (χ0v) is 17.0. The lowest BCUT2D eigenvalue weighted by Gasteiger charge is -2.24. The van der Waals surface area contributed by atoms with Crippen molar-refractivity contribution in [3.63, 3.8) is 0 Å². The molecule has 1 aliphatic heterocycles. The average Bonchev–Trinajstić information content (AvgIpc) is 3.30. The molecule has 0 aliphatic carbocycles. The maximum Gasteiger partial charge on any atom is 0.262 e. The van der Waals surface area contributed by atoms with Gasteiger partial charge < -0.3 is 4.90 Å². The van der Waals surface area contributed by atoms with E-state index in [9.17, 15) is 9.59 Å². The lowest BCUT2D eigenvalue weighted by molar-refractivity contribution is -0.129. The fourth-order valence-electron chi connectivity index (χ4n) is 3.63. The number of hydrogen-bond acceptors (Lipinski definition) is 4. The van der Waals surface area contributed by atoms with Crippen LogP contribution in [0, 0.1) is 0 Å². The van der Waals surface area contributed by atoms with Gasteiger partial charge >= 0.3 is 0 Å². The lowest BCUT2D eigenvalue weighted by Crippen LogP contribution is -2.32. The minimum absolute atomic E-state index is 0.0752. The first-order valence-corrected chi connectivity index (χ1v) is 10.7. The smallest absolute Gasteiger partial charge is 0.262 e. The maximum atomic E-state index is 13.3. The summed E-state index contributed by atoms with van der Waals surface area (Å²) in [6.07, 6.45) is 3.75. The van der Waals surface area contributed by atoms with Gasteiger partial charge in [-0.15, -0.1) is 6.58 Å². The summed E-state index contributed by atoms with van der Waals surface area (Å²) in [5.74, 6) is 0.0752. The van der Waals surface area contributed by atoms with E-state index in [2.05, 4.69) is 6.58 Å². The van der Waals surface area contributed by atoms with Crippen molar-refractivity contribution in [1.29, 1.82) is 0 Å². The van der Waals surface area contributed by atoms with E-state index in [1.165, 1.54) is 11.8 Å². The van der Waals surface area contributed by atoms with Crippen LogP contribution in [-0.2, 0) is 11.3 Å². The monoisotopic (exact) mass is 405 g/mol. The van der Waals surface area contributed by atoms with Crippen molar-refractivity contribution in [2.75, 3.05) is 13.1 Å². The third-order valence-electron chi connectivity index (χ3n) is 5.11. The Kier molecular flexibility index (Phi) is 5.81. The van der Waals surface area contributed by atoms with E-state index < -0.39 is 5.25 Å². The molecule has 1 atom stereocenters. The van der Waals surface area contributed by atoms with Crippen LogP contribution in [-0.4, -0.2) is 33.4 Å². The first kappa shape index (κ1) is 19.5. The van der Waals surface area contributed by atoms with Crippen molar-refractivity contribution in [1.82, 2.24) is 14.5 Å². The van der Waals surface area contributed by atoms with Gasteiger partial charge in [0.1, 0.15) is 5.25 Å². The molecule has 3 aromatic rings. The molecule has 6 heteroatoms. The van der Waals surface area contributed by atoms with Crippen LogP contribution < -0.4 is 5.56 Å². The number of benzene rings is 2. The highest BCUT2D eigenvalue weighted by atomic mass is 32.2. The number of para-hydroxylation sites is 1. The molecule has 29 heavy (non-hydrogen) atoms. The molecule has 1 aromatic heterocycles. The number of carbonyl (C=O) groups excluding carboxylic acids is 1. The molecule has 1 saturated heterocycles. The molecule has 1 unspecified atom stereocenters. The second kappa shape index (κ2) is 8.66. The highest BCUT2D eigenvalue weighted by Gasteiger charge is 2.30. The van der Waals surface area contributed by atoms with Crippen molar-refractivity contribution >= 4 is 28.6 Å². The molecule has 0 saturated carbocycles. The van der Waals surface area contributed by atoms with Gasteiger partial charge in [-0.25, -0.2) is 4.98 Å². The number of carbonyl (C=O) groups is 1. The van der Waals surface area contributed by atoms with Crippen LogP contribution in [0.15, 0.2) is 77.2 Å². The van der Waals surface area contributed by atoms with Crippen LogP contribution in [0.5, 0.6) is 0 Å². The predicted molar refractivity (Wildman–Crippen MR) is 117 cm³/mol. The Morgan fingerprint density at radius 2 is 1.79 bits per heavy atom. The SMILES string of the molecule is C=CCn1c(SC(C(=O)N2CCCC2)c2ccccc2)nc2ccccc2c1=O. The van der Waals surface area contributed by atoms with Crippen molar-refractivity contribution < 1.29 is 4.79 Å². The summed E-state index contributed by atoms with van der Waals surface area (Å²) in [7, 11) is 0. The van der Waals surface area contributed by atoms with Gasteiger partial charge in [0.25, 0.3) is 5.56 Å². The number of allylic oxidation sites excluding steroid dienone is 1.